The van der Waals surface area contributed by atoms with Gasteiger partial charge in [-0.1, -0.05) is 146 Å². The van der Waals surface area contributed by atoms with E-state index in [1.165, 1.54) is 5.57 Å². The highest BCUT2D eigenvalue weighted by atomic mass is 16.3. The van der Waals surface area contributed by atoms with E-state index < -0.39 is 17.1 Å². The summed E-state index contributed by atoms with van der Waals surface area (Å²) in [5.41, 5.74) is 5.74. The number of ketones is 1. The molecule has 0 spiro atoms. The van der Waals surface area contributed by atoms with Gasteiger partial charge in [0.15, 0.2) is 5.78 Å². The van der Waals surface area contributed by atoms with Crippen molar-refractivity contribution in [2.75, 3.05) is 11.9 Å². The second-order valence-corrected chi connectivity index (χ2v) is 17.0. The second-order valence-electron chi connectivity index (χ2n) is 17.0. The van der Waals surface area contributed by atoms with Crippen LogP contribution in [0.15, 0.2) is 157 Å². The number of anilines is 1. The number of amides is 2. The van der Waals surface area contributed by atoms with Crippen LogP contribution < -0.4 is 5.32 Å². The molecule has 1 fully saturated rings. The van der Waals surface area contributed by atoms with Crippen molar-refractivity contribution >= 4 is 28.3 Å². The fourth-order valence-corrected chi connectivity index (χ4v) is 9.77. The summed E-state index contributed by atoms with van der Waals surface area (Å²) in [6, 6.07) is 47.5. The van der Waals surface area contributed by atoms with Crippen LogP contribution in [0.25, 0.3) is 21.9 Å². The van der Waals surface area contributed by atoms with Gasteiger partial charge in [0.05, 0.1) is 18.2 Å². The van der Waals surface area contributed by atoms with E-state index in [-0.39, 0.29) is 24.3 Å². The summed E-state index contributed by atoms with van der Waals surface area (Å²) < 4.78 is 0. The molecule has 6 aromatic rings. The quantitative estimate of drug-likeness (QED) is 0.106. The molecule has 1 saturated carbocycles. The zero-order chi connectivity index (χ0) is 41.0. The number of nitrogens with one attached hydrogen (secondary N) is 1. The number of aliphatic hydroxyl groups excluding tert-OH is 1. The van der Waals surface area contributed by atoms with Gasteiger partial charge >= 0.3 is 6.03 Å². The summed E-state index contributed by atoms with van der Waals surface area (Å²) in [6.07, 6.45) is 5.99. The average molecular weight is 783 g/mol. The van der Waals surface area contributed by atoms with Crippen LogP contribution in [0.4, 0.5) is 10.5 Å². The molecule has 3 aliphatic carbocycles. The molecular weight excluding hydrogens is 729 g/mol. The number of aliphatic hydroxyl groups is 2. The van der Waals surface area contributed by atoms with Crippen LogP contribution in [0.3, 0.4) is 0 Å². The van der Waals surface area contributed by atoms with Crippen molar-refractivity contribution in [1.82, 2.24) is 4.90 Å². The molecular formula is C53H54N2O4. The third-order valence-electron chi connectivity index (χ3n) is 13.2. The zero-order valence-electron chi connectivity index (χ0n) is 34.1. The van der Waals surface area contributed by atoms with E-state index in [2.05, 4.69) is 61.6 Å². The van der Waals surface area contributed by atoms with E-state index in [4.69, 9.17) is 0 Å². The van der Waals surface area contributed by atoms with Crippen molar-refractivity contribution in [3.8, 4) is 11.1 Å². The van der Waals surface area contributed by atoms with Gasteiger partial charge < -0.3 is 20.4 Å². The van der Waals surface area contributed by atoms with Crippen LogP contribution in [-0.4, -0.2) is 45.2 Å². The number of nitrogens with zero attached hydrogens (tertiary/aromatic N) is 1. The van der Waals surface area contributed by atoms with Crippen molar-refractivity contribution in [3.05, 3.63) is 185 Å². The predicted molar refractivity (Wildman–Crippen MR) is 239 cm³/mol. The first-order valence-corrected chi connectivity index (χ1v) is 21.1. The van der Waals surface area contributed by atoms with E-state index in [0.29, 0.717) is 55.5 Å². The smallest absolute Gasteiger partial charge is 0.322 e. The van der Waals surface area contributed by atoms with Gasteiger partial charge in [-0.2, -0.15) is 0 Å². The molecule has 6 nitrogen and oxygen atoms in total. The predicted octanol–water partition coefficient (Wildman–Crippen LogP) is 11.5. The highest BCUT2D eigenvalue weighted by Gasteiger charge is 2.57. The molecule has 59 heavy (non-hydrogen) atoms. The summed E-state index contributed by atoms with van der Waals surface area (Å²) in [4.78, 5) is 31.4. The van der Waals surface area contributed by atoms with Crippen molar-refractivity contribution in [3.63, 3.8) is 0 Å². The van der Waals surface area contributed by atoms with Crippen molar-refractivity contribution < 1.29 is 19.8 Å². The summed E-state index contributed by atoms with van der Waals surface area (Å²) >= 11 is 0. The molecule has 0 aliphatic heterocycles. The Hall–Kier alpha value is -5.82. The number of hydrogen-bond donors (Lipinski definition) is 3. The van der Waals surface area contributed by atoms with Gasteiger partial charge in [0.25, 0.3) is 0 Å². The SMILES string of the molecule is CC1=CCCC2(C)C(CCC2(O)CN(Cc2cccc3ccccc23)C(=O)Nc2ccccc2)c2ccc(cc2C(=O)c2ccccc2-c2ccccc2)CC(O)CC1. The maximum absolute atomic E-state index is 15.1. The topological polar surface area (TPSA) is 89.9 Å². The van der Waals surface area contributed by atoms with Gasteiger partial charge in [-0.15, -0.1) is 0 Å². The van der Waals surface area contributed by atoms with E-state index in [1.807, 2.05) is 109 Å². The van der Waals surface area contributed by atoms with Crippen LogP contribution >= 0.6 is 0 Å². The Bertz CT molecular complexity index is 2470. The number of rotatable bonds is 8. The highest BCUT2D eigenvalue weighted by molar-refractivity contribution is 6.14. The lowest BCUT2D eigenvalue weighted by Crippen LogP contribution is -2.54. The monoisotopic (exact) mass is 782 g/mol. The number of carbonyl (C=O) groups is 2. The van der Waals surface area contributed by atoms with Crippen LogP contribution in [0.2, 0.25) is 0 Å². The van der Waals surface area contributed by atoms with Crippen molar-refractivity contribution in [2.45, 2.75) is 83.0 Å². The number of benzene rings is 6. The minimum absolute atomic E-state index is 0.0729. The fraction of sp³-hybridized carbons (Fsp3) is 0.283. The molecule has 300 valence electrons. The molecule has 0 aromatic heterocycles. The Kier molecular flexibility index (Phi) is 11.6. The van der Waals surface area contributed by atoms with Gasteiger partial charge in [0.2, 0.25) is 0 Å². The molecule has 4 atom stereocenters. The van der Waals surface area contributed by atoms with Crippen LogP contribution in [-0.2, 0) is 13.0 Å². The lowest BCUT2D eigenvalue weighted by Gasteiger charge is -2.46. The van der Waals surface area contributed by atoms with Crippen LogP contribution in [0.1, 0.15) is 90.9 Å². The van der Waals surface area contributed by atoms with Crippen molar-refractivity contribution in [2.24, 2.45) is 5.41 Å². The van der Waals surface area contributed by atoms with Gasteiger partial charge in [0.1, 0.15) is 0 Å². The standard InChI is InChI=1S/C53H54N2O4/c1-37-15-14-31-52(2)49(46-29-27-38(33-43(56)28-26-37)34-48(46)50(57)47-25-12-11-24-45(47)40-16-5-3-6-17-40)30-32-53(52,59)36-55(51(58)54-42-21-7-4-8-22-42)35-41-20-13-19-39-18-9-10-23-44(39)41/h3-13,15-25,27,29,34,43,49,56,59H,14,26,28,30-33,35-36H2,1-2H3,(H,54,58). The second kappa shape index (κ2) is 17.2. The number of fused-ring (bicyclic) bond motifs is 9. The molecule has 6 heteroatoms. The number of carbonyl (C=O) groups excluding carboxylic acids is 2. The maximum atomic E-state index is 15.1. The highest BCUT2D eigenvalue weighted by Crippen LogP contribution is 2.59. The van der Waals surface area contributed by atoms with E-state index in [0.717, 1.165) is 51.4 Å². The maximum Gasteiger partial charge on any atom is 0.322 e. The summed E-state index contributed by atoms with van der Waals surface area (Å²) in [5, 5.41) is 29.8. The number of hydrogen-bond acceptors (Lipinski definition) is 4. The molecule has 9 rings (SSSR count). The normalized spacial score (nSPS) is 21.9. The van der Waals surface area contributed by atoms with Gasteiger partial charge in [-0.25, -0.2) is 4.79 Å². The number of allylic oxidation sites excluding steroid dienone is 2. The van der Waals surface area contributed by atoms with Gasteiger partial charge in [-0.3, -0.25) is 4.79 Å². The molecule has 0 radical (unpaired) electrons. The summed E-state index contributed by atoms with van der Waals surface area (Å²) in [6.45, 7) is 4.71. The largest absolute Gasteiger partial charge is 0.393 e. The molecule has 3 N–H and O–H groups in total. The van der Waals surface area contributed by atoms with Crippen LogP contribution in [0.5, 0.6) is 0 Å². The molecule has 3 aliphatic rings. The molecule has 6 aromatic carbocycles. The van der Waals surface area contributed by atoms with Gasteiger partial charge in [-0.05, 0) is 115 Å². The third-order valence-corrected chi connectivity index (χ3v) is 13.2. The Morgan fingerprint density at radius 1 is 0.780 bits per heavy atom. The first-order chi connectivity index (χ1) is 28.6. The lowest BCUT2D eigenvalue weighted by atomic mass is 9.64. The third kappa shape index (κ3) is 8.38. The van der Waals surface area contributed by atoms with E-state index in [1.54, 1.807) is 4.90 Å². The van der Waals surface area contributed by atoms with Gasteiger partial charge in [0, 0.05) is 28.8 Å². The Balaban J connectivity index is 1.22. The lowest BCUT2D eigenvalue weighted by molar-refractivity contribution is -0.0773. The number of para-hydroxylation sites is 1. The average Bonchev–Trinajstić information content (AvgIpc) is 3.51. The molecule has 2 bridgehead atoms. The molecule has 0 heterocycles. The molecule has 4 unspecified atom stereocenters. The van der Waals surface area contributed by atoms with Crippen LogP contribution in [0, 0.1) is 5.41 Å². The molecule has 2 amide bonds. The summed E-state index contributed by atoms with van der Waals surface area (Å²) in [5.74, 6) is -0.265. The minimum atomic E-state index is -1.30. The van der Waals surface area contributed by atoms with Crippen molar-refractivity contribution in [1.29, 1.82) is 0 Å². The zero-order valence-corrected chi connectivity index (χ0v) is 34.1. The first kappa shape index (κ1) is 40.0. The Morgan fingerprint density at radius 3 is 2.31 bits per heavy atom. The Labute approximate surface area is 348 Å². The summed E-state index contributed by atoms with van der Waals surface area (Å²) in [7, 11) is 0. The fourth-order valence-electron chi connectivity index (χ4n) is 9.77. The number of urea groups is 1. The molecule has 0 saturated heterocycles. The van der Waals surface area contributed by atoms with E-state index in [9.17, 15) is 15.0 Å². The Morgan fingerprint density at radius 2 is 1.49 bits per heavy atom. The minimum Gasteiger partial charge on any atom is -0.393 e. The van der Waals surface area contributed by atoms with E-state index >= 15 is 4.79 Å². The first-order valence-electron chi connectivity index (χ1n) is 21.1.